The van der Waals surface area contributed by atoms with Crippen LogP contribution in [0.1, 0.15) is 20.3 Å². The molecule has 2 rings (SSSR count). The summed E-state index contributed by atoms with van der Waals surface area (Å²) >= 11 is 0. The van der Waals surface area contributed by atoms with Crippen molar-refractivity contribution in [3.05, 3.63) is 0 Å². The first-order valence-corrected chi connectivity index (χ1v) is 10.7. The summed E-state index contributed by atoms with van der Waals surface area (Å²) in [4.78, 5) is 23.3. The Labute approximate surface area is 186 Å². The first kappa shape index (κ1) is 26.9. The average Bonchev–Trinajstić information content (AvgIpc) is 2.74. The van der Waals surface area contributed by atoms with E-state index in [0.29, 0.717) is 6.42 Å². The number of carbonyl (C=O) groups excluding carboxylic acids is 1. The van der Waals surface area contributed by atoms with Crippen molar-refractivity contribution in [1.29, 1.82) is 0 Å². The zero-order chi connectivity index (χ0) is 24.0. The number of aliphatic hydroxyl groups excluding tert-OH is 4. The molecule has 0 aromatic heterocycles. The predicted molar refractivity (Wildman–Crippen MR) is 108 cm³/mol. The fourth-order valence-electron chi connectivity index (χ4n) is 4.43. The fraction of sp³-hybridized carbons (Fsp3) is 0.900. The highest BCUT2D eigenvalue weighted by Crippen LogP contribution is 2.30. The summed E-state index contributed by atoms with van der Waals surface area (Å²) in [5.41, 5.74) is 0. The van der Waals surface area contributed by atoms with Gasteiger partial charge in [0.2, 0.25) is 5.91 Å². The minimum Gasteiger partial charge on any atom is -0.479 e. The van der Waals surface area contributed by atoms with E-state index >= 15 is 0 Å². The van der Waals surface area contributed by atoms with E-state index in [1.807, 2.05) is 6.92 Å². The molecule has 0 aromatic carbocycles. The molecular weight excluding hydrogens is 430 g/mol. The summed E-state index contributed by atoms with van der Waals surface area (Å²) in [7, 11) is 1.36. The van der Waals surface area contributed by atoms with Crippen LogP contribution >= 0.6 is 0 Å². The molecule has 2 heterocycles. The van der Waals surface area contributed by atoms with E-state index in [1.165, 1.54) is 14.0 Å². The van der Waals surface area contributed by atoms with E-state index in [4.69, 9.17) is 18.9 Å². The van der Waals surface area contributed by atoms with Gasteiger partial charge in [-0.15, -0.1) is 0 Å². The molecule has 12 heteroatoms. The van der Waals surface area contributed by atoms with E-state index in [-0.39, 0.29) is 32.3 Å². The zero-order valence-corrected chi connectivity index (χ0v) is 18.5. The van der Waals surface area contributed by atoms with Crippen molar-refractivity contribution in [2.75, 3.05) is 33.5 Å². The summed E-state index contributed by atoms with van der Waals surface area (Å²) in [6.07, 6.45) is -7.23. The molecule has 2 saturated heterocycles. The molecule has 1 amide bonds. The van der Waals surface area contributed by atoms with Gasteiger partial charge in [0.1, 0.15) is 18.3 Å². The number of hydrogen-bond donors (Lipinski definition) is 6. The standard InChI is InChI=1S/C20H35NO11/c1-4-10-12(5-22)31-13(15(16(10)24)21-9(2)23)8-30-6-11-17(25)18(26)14(7-29-3)32-19(11)20(27)28/h10-19,22,24-26H,4-8H2,1-3H3,(H,21,23)(H,27,28). The van der Waals surface area contributed by atoms with Gasteiger partial charge in [0.15, 0.2) is 6.10 Å². The Kier molecular flexibility index (Phi) is 10.2. The number of rotatable bonds is 10. The van der Waals surface area contributed by atoms with Crippen LogP contribution in [0.3, 0.4) is 0 Å². The van der Waals surface area contributed by atoms with Crippen LogP contribution in [-0.4, -0.2) is 120 Å². The number of carboxylic acids is 1. The molecule has 0 saturated carbocycles. The lowest BCUT2D eigenvalue weighted by Crippen LogP contribution is -2.63. The molecule has 10 unspecified atom stereocenters. The quantitative estimate of drug-likeness (QED) is 0.200. The summed E-state index contributed by atoms with van der Waals surface area (Å²) in [6.45, 7) is 2.25. The van der Waals surface area contributed by atoms with Crippen molar-refractivity contribution < 1.29 is 54.1 Å². The third-order valence-electron chi connectivity index (χ3n) is 6.10. The minimum atomic E-state index is -1.44. The summed E-state index contributed by atoms with van der Waals surface area (Å²) in [6, 6.07) is -0.806. The van der Waals surface area contributed by atoms with Gasteiger partial charge in [0.25, 0.3) is 0 Å². The molecule has 0 aromatic rings. The molecule has 0 aliphatic carbocycles. The van der Waals surface area contributed by atoms with Crippen molar-refractivity contribution in [2.45, 2.75) is 69.0 Å². The number of carbonyl (C=O) groups is 2. The maximum Gasteiger partial charge on any atom is 0.333 e. The van der Waals surface area contributed by atoms with Gasteiger partial charge < -0.3 is 49.8 Å². The zero-order valence-electron chi connectivity index (χ0n) is 18.5. The molecule has 2 aliphatic rings. The number of carboxylic acid groups (broad SMARTS) is 1. The van der Waals surface area contributed by atoms with Crippen LogP contribution in [0.15, 0.2) is 0 Å². The Bertz CT molecular complexity index is 620. The largest absolute Gasteiger partial charge is 0.479 e. The van der Waals surface area contributed by atoms with Gasteiger partial charge in [-0.25, -0.2) is 4.79 Å². The van der Waals surface area contributed by atoms with Gasteiger partial charge in [-0.2, -0.15) is 0 Å². The van der Waals surface area contributed by atoms with E-state index < -0.39 is 66.6 Å². The Hall–Kier alpha value is -1.38. The van der Waals surface area contributed by atoms with Gasteiger partial charge in [-0.1, -0.05) is 6.92 Å². The van der Waals surface area contributed by atoms with Crippen molar-refractivity contribution >= 4 is 11.9 Å². The summed E-state index contributed by atoms with van der Waals surface area (Å²) in [5, 5.41) is 53.2. The SMILES string of the molecule is CCC1C(CO)OC(COCC2C(C(=O)O)OC(COC)C(O)C2O)C(NC(C)=O)C1O. The van der Waals surface area contributed by atoms with Gasteiger partial charge in [0, 0.05) is 25.9 Å². The minimum absolute atomic E-state index is 0.0943. The first-order valence-electron chi connectivity index (χ1n) is 10.7. The maximum absolute atomic E-state index is 11.7. The van der Waals surface area contributed by atoms with Crippen molar-refractivity contribution in [3.8, 4) is 0 Å². The average molecular weight is 465 g/mol. The predicted octanol–water partition coefficient (Wildman–Crippen LogP) is -2.51. The molecule has 2 aliphatic heterocycles. The number of amides is 1. The van der Waals surface area contributed by atoms with Crippen molar-refractivity contribution in [2.24, 2.45) is 11.8 Å². The normalized spacial score (nSPS) is 40.1. The topological polar surface area (TPSA) is 184 Å². The molecule has 186 valence electrons. The molecular formula is C20H35NO11. The number of aliphatic hydroxyl groups is 4. The monoisotopic (exact) mass is 465 g/mol. The number of aliphatic carboxylic acids is 1. The fourth-order valence-corrected chi connectivity index (χ4v) is 4.43. The lowest BCUT2D eigenvalue weighted by molar-refractivity contribution is -0.230. The smallest absolute Gasteiger partial charge is 0.333 e. The Balaban J connectivity index is 2.07. The highest BCUT2D eigenvalue weighted by atomic mass is 16.6. The van der Waals surface area contributed by atoms with Crippen LogP contribution in [0.25, 0.3) is 0 Å². The van der Waals surface area contributed by atoms with Gasteiger partial charge in [-0.05, 0) is 6.42 Å². The maximum atomic E-state index is 11.7. The number of methoxy groups -OCH3 is 1. The van der Waals surface area contributed by atoms with Crippen molar-refractivity contribution in [3.63, 3.8) is 0 Å². The van der Waals surface area contributed by atoms with Crippen LogP contribution < -0.4 is 5.32 Å². The highest BCUT2D eigenvalue weighted by Gasteiger charge is 2.48. The molecule has 32 heavy (non-hydrogen) atoms. The third kappa shape index (κ3) is 6.14. The first-order chi connectivity index (χ1) is 15.2. The highest BCUT2D eigenvalue weighted by molar-refractivity contribution is 5.73. The van der Waals surface area contributed by atoms with Crippen molar-refractivity contribution in [1.82, 2.24) is 5.32 Å². The number of nitrogens with one attached hydrogen (secondary N) is 1. The number of ether oxygens (including phenoxy) is 4. The molecule has 6 N–H and O–H groups in total. The van der Waals surface area contributed by atoms with E-state index in [9.17, 15) is 35.1 Å². The Morgan fingerprint density at radius 3 is 2.16 bits per heavy atom. The van der Waals surface area contributed by atoms with E-state index in [2.05, 4.69) is 5.32 Å². The van der Waals surface area contributed by atoms with Gasteiger partial charge in [0.05, 0.1) is 50.8 Å². The summed E-state index contributed by atoms with van der Waals surface area (Å²) < 4.78 is 21.8. The molecule has 2 fully saturated rings. The van der Waals surface area contributed by atoms with Crippen LogP contribution in [0, 0.1) is 11.8 Å². The van der Waals surface area contributed by atoms with Crippen LogP contribution in [-0.2, 0) is 28.5 Å². The summed E-state index contributed by atoms with van der Waals surface area (Å²) in [5.74, 6) is -3.18. The Morgan fingerprint density at radius 1 is 0.938 bits per heavy atom. The molecule has 12 nitrogen and oxygen atoms in total. The molecule has 0 bridgehead atoms. The lowest BCUT2D eigenvalue weighted by atomic mass is 9.83. The number of hydrogen-bond acceptors (Lipinski definition) is 10. The van der Waals surface area contributed by atoms with Crippen LogP contribution in [0.4, 0.5) is 0 Å². The van der Waals surface area contributed by atoms with E-state index in [0.717, 1.165) is 0 Å². The second-order valence-electron chi connectivity index (χ2n) is 8.26. The second kappa shape index (κ2) is 12.2. The van der Waals surface area contributed by atoms with Gasteiger partial charge in [-0.3, -0.25) is 4.79 Å². The Morgan fingerprint density at radius 2 is 1.62 bits per heavy atom. The lowest BCUT2D eigenvalue weighted by Gasteiger charge is -2.45. The van der Waals surface area contributed by atoms with Crippen LogP contribution in [0.2, 0.25) is 0 Å². The van der Waals surface area contributed by atoms with Gasteiger partial charge >= 0.3 is 5.97 Å². The molecule has 10 atom stereocenters. The second-order valence-corrected chi connectivity index (χ2v) is 8.26. The van der Waals surface area contributed by atoms with Crippen LogP contribution in [0.5, 0.6) is 0 Å². The molecule has 0 spiro atoms. The third-order valence-corrected chi connectivity index (χ3v) is 6.10. The molecule has 0 radical (unpaired) electrons. The van der Waals surface area contributed by atoms with E-state index in [1.54, 1.807) is 0 Å².